The first kappa shape index (κ1) is 18.3. The van der Waals surface area contributed by atoms with Gasteiger partial charge in [-0.2, -0.15) is 0 Å². The zero-order chi connectivity index (χ0) is 17.5. The standard InChI is InChI=1S/C20H30O2S/c1-15(2)19(5)11-7-17(8-12-19)23(21,22)18-9-13-20(6,14-10-18)16(3)4/h7-18H,1-6H3. The fourth-order valence-electron chi connectivity index (χ4n) is 2.84. The highest BCUT2D eigenvalue weighted by Gasteiger charge is 2.35. The van der Waals surface area contributed by atoms with E-state index in [1.807, 2.05) is 48.6 Å². The fraction of sp³-hybridized carbons (Fsp3) is 0.600. The van der Waals surface area contributed by atoms with Crippen LogP contribution in [0.1, 0.15) is 41.5 Å². The quantitative estimate of drug-likeness (QED) is 0.697. The maximum atomic E-state index is 12.9. The van der Waals surface area contributed by atoms with Crippen LogP contribution < -0.4 is 0 Å². The topological polar surface area (TPSA) is 34.1 Å². The molecule has 0 unspecified atom stereocenters. The van der Waals surface area contributed by atoms with Gasteiger partial charge in [-0.05, 0) is 11.8 Å². The first-order valence-electron chi connectivity index (χ1n) is 8.51. The summed E-state index contributed by atoms with van der Waals surface area (Å²) in [5.41, 5.74) is -0.110. The number of allylic oxidation sites excluding steroid dienone is 4. The highest BCUT2D eigenvalue weighted by Crippen LogP contribution is 2.37. The minimum Gasteiger partial charge on any atom is -0.227 e. The summed E-state index contributed by atoms with van der Waals surface area (Å²) in [5.74, 6) is 0.889. The Labute approximate surface area is 142 Å². The van der Waals surface area contributed by atoms with Crippen molar-refractivity contribution in [2.45, 2.75) is 52.0 Å². The third-order valence-electron chi connectivity index (χ3n) is 5.83. The lowest BCUT2D eigenvalue weighted by Crippen LogP contribution is -2.33. The van der Waals surface area contributed by atoms with E-state index in [4.69, 9.17) is 0 Å². The lowest BCUT2D eigenvalue weighted by Gasteiger charge is -2.33. The largest absolute Gasteiger partial charge is 0.227 e. The van der Waals surface area contributed by atoms with Gasteiger partial charge in [-0.15, -0.1) is 0 Å². The van der Waals surface area contributed by atoms with Gasteiger partial charge in [0.1, 0.15) is 0 Å². The van der Waals surface area contributed by atoms with E-state index in [0.29, 0.717) is 11.8 Å². The van der Waals surface area contributed by atoms with Crippen molar-refractivity contribution in [1.29, 1.82) is 0 Å². The molecule has 0 spiro atoms. The molecular formula is C20H30O2S. The minimum atomic E-state index is -3.28. The van der Waals surface area contributed by atoms with Gasteiger partial charge in [-0.25, -0.2) is 8.42 Å². The average molecular weight is 335 g/mol. The van der Waals surface area contributed by atoms with Gasteiger partial charge in [0.25, 0.3) is 0 Å². The van der Waals surface area contributed by atoms with Crippen LogP contribution in [0.25, 0.3) is 0 Å². The molecule has 0 fully saturated rings. The Balaban J connectivity index is 2.20. The molecule has 0 heterocycles. The highest BCUT2D eigenvalue weighted by atomic mass is 32.2. The summed E-state index contributed by atoms with van der Waals surface area (Å²) in [6.45, 7) is 12.9. The predicted octanol–water partition coefficient (Wildman–Crippen LogP) is 4.72. The molecule has 2 rings (SSSR count). The van der Waals surface area contributed by atoms with Crippen molar-refractivity contribution in [1.82, 2.24) is 0 Å². The lowest BCUT2D eigenvalue weighted by atomic mass is 9.76. The van der Waals surface area contributed by atoms with Crippen LogP contribution in [-0.2, 0) is 9.84 Å². The molecule has 0 aliphatic heterocycles. The Kier molecular flexibility index (Phi) is 4.83. The van der Waals surface area contributed by atoms with E-state index < -0.39 is 20.3 Å². The second-order valence-corrected chi connectivity index (χ2v) is 10.3. The Morgan fingerprint density at radius 1 is 0.696 bits per heavy atom. The molecule has 0 aromatic carbocycles. The van der Waals surface area contributed by atoms with Gasteiger partial charge in [0.2, 0.25) is 0 Å². The molecule has 2 aliphatic carbocycles. The van der Waals surface area contributed by atoms with E-state index in [-0.39, 0.29) is 10.8 Å². The Bertz CT molecular complexity index is 580. The summed E-state index contributed by atoms with van der Waals surface area (Å²) in [6, 6.07) is 0. The molecule has 0 aromatic rings. The van der Waals surface area contributed by atoms with Crippen LogP contribution in [0.2, 0.25) is 0 Å². The van der Waals surface area contributed by atoms with Gasteiger partial charge in [0.05, 0.1) is 10.5 Å². The monoisotopic (exact) mass is 334 g/mol. The molecule has 0 bridgehead atoms. The Morgan fingerprint density at radius 3 is 1.17 bits per heavy atom. The minimum absolute atomic E-state index is 0.0551. The maximum Gasteiger partial charge on any atom is 0.170 e. The van der Waals surface area contributed by atoms with E-state index in [0.717, 1.165) is 0 Å². The van der Waals surface area contributed by atoms with E-state index in [9.17, 15) is 8.42 Å². The average Bonchev–Trinajstić information content (AvgIpc) is 2.48. The van der Waals surface area contributed by atoms with E-state index in [2.05, 4.69) is 41.5 Å². The van der Waals surface area contributed by atoms with Crippen molar-refractivity contribution < 1.29 is 8.42 Å². The van der Waals surface area contributed by atoms with Crippen LogP contribution in [0.5, 0.6) is 0 Å². The van der Waals surface area contributed by atoms with Gasteiger partial charge in [-0.3, -0.25) is 0 Å². The molecule has 2 aliphatic rings. The molecule has 0 saturated carbocycles. The summed E-state index contributed by atoms with van der Waals surface area (Å²) in [4.78, 5) is 0. The van der Waals surface area contributed by atoms with Gasteiger partial charge in [0, 0.05) is 10.8 Å². The first-order chi connectivity index (χ1) is 10.5. The third-order valence-corrected chi connectivity index (χ3v) is 7.97. The second kappa shape index (κ2) is 6.08. The number of hydrogen-bond donors (Lipinski definition) is 0. The van der Waals surface area contributed by atoms with Crippen molar-refractivity contribution in [2.75, 3.05) is 0 Å². The van der Waals surface area contributed by atoms with E-state index in [1.54, 1.807) is 0 Å². The van der Waals surface area contributed by atoms with Crippen LogP contribution in [0, 0.1) is 22.7 Å². The zero-order valence-corrected chi connectivity index (χ0v) is 16.0. The van der Waals surface area contributed by atoms with Gasteiger partial charge >= 0.3 is 0 Å². The van der Waals surface area contributed by atoms with Crippen LogP contribution in [0.15, 0.2) is 48.6 Å². The fourth-order valence-corrected chi connectivity index (χ4v) is 4.39. The summed E-state index contributed by atoms with van der Waals surface area (Å²) in [6.07, 6.45) is 15.6. The van der Waals surface area contributed by atoms with Crippen molar-refractivity contribution in [2.24, 2.45) is 22.7 Å². The molecule has 0 amide bonds. The zero-order valence-electron chi connectivity index (χ0n) is 15.2. The van der Waals surface area contributed by atoms with Gasteiger partial charge < -0.3 is 0 Å². The predicted molar refractivity (Wildman–Crippen MR) is 98.9 cm³/mol. The molecular weight excluding hydrogens is 304 g/mol. The number of sulfone groups is 1. The number of hydrogen-bond acceptors (Lipinski definition) is 2. The SMILES string of the molecule is CC(C)C1(C)C=CC(S(=O)(=O)C2C=CC(C)(C(C)C)C=C2)C=C1. The van der Waals surface area contributed by atoms with Gasteiger partial charge in [0.15, 0.2) is 9.84 Å². The molecule has 2 nitrogen and oxygen atoms in total. The van der Waals surface area contributed by atoms with Gasteiger partial charge in [-0.1, -0.05) is 90.2 Å². The van der Waals surface area contributed by atoms with Crippen molar-refractivity contribution in [3.8, 4) is 0 Å². The van der Waals surface area contributed by atoms with Crippen LogP contribution in [0.3, 0.4) is 0 Å². The highest BCUT2D eigenvalue weighted by molar-refractivity contribution is 7.93. The maximum absolute atomic E-state index is 12.9. The van der Waals surface area contributed by atoms with Crippen molar-refractivity contribution >= 4 is 9.84 Å². The molecule has 0 radical (unpaired) electrons. The number of rotatable bonds is 4. The molecule has 23 heavy (non-hydrogen) atoms. The van der Waals surface area contributed by atoms with Crippen LogP contribution in [0.4, 0.5) is 0 Å². The molecule has 3 heteroatoms. The molecule has 0 saturated heterocycles. The summed E-state index contributed by atoms with van der Waals surface area (Å²) in [7, 11) is -3.28. The van der Waals surface area contributed by atoms with E-state index in [1.165, 1.54) is 0 Å². The summed E-state index contributed by atoms with van der Waals surface area (Å²) < 4.78 is 25.8. The Hall–Kier alpha value is -1.09. The summed E-state index contributed by atoms with van der Waals surface area (Å²) in [5, 5.41) is -1.06. The van der Waals surface area contributed by atoms with Crippen LogP contribution >= 0.6 is 0 Å². The molecule has 0 N–H and O–H groups in total. The second-order valence-electron chi connectivity index (χ2n) is 8.00. The molecule has 0 atom stereocenters. The van der Waals surface area contributed by atoms with E-state index >= 15 is 0 Å². The summed E-state index contributed by atoms with van der Waals surface area (Å²) >= 11 is 0. The first-order valence-corrected chi connectivity index (χ1v) is 10.1. The Morgan fingerprint density at radius 2 is 0.957 bits per heavy atom. The van der Waals surface area contributed by atoms with Crippen molar-refractivity contribution in [3.05, 3.63) is 48.6 Å². The normalized spacial score (nSPS) is 37.0. The van der Waals surface area contributed by atoms with Crippen LogP contribution in [-0.4, -0.2) is 18.9 Å². The molecule has 128 valence electrons. The lowest BCUT2D eigenvalue weighted by molar-refractivity contribution is 0.378. The third kappa shape index (κ3) is 3.40. The van der Waals surface area contributed by atoms with Crippen molar-refractivity contribution in [3.63, 3.8) is 0 Å². The molecule has 0 aromatic heterocycles. The smallest absolute Gasteiger partial charge is 0.170 e.